The highest BCUT2D eigenvalue weighted by Crippen LogP contribution is 2.33. The second kappa shape index (κ2) is 14.7. The first kappa shape index (κ1) is 32.2. The monoisotopic (exact) mass is 626 g/mol. The van der Waals surface area contributed by atoms with E-state index in [1.165, 1.54) is 43.2 Å². The van der Waals surface area contributed by atoms with Gasteiger partial charge in [0.25, 0.3) is 0 Å². The second-order valence-corrected chi connectivity index (χ2v) is 13.5. The highest BCUT2D eigenvalue weighted by Gasteiger charge is 2.23. The van der Waals surface area contributed by atoms with E-state index in [9.17, 15) is 9.59 Å². The molecule has 1 fully saturated rings. The van der Waals surface area contributed by atoms with Crippen molar-refractivity contribution in [3.8, 4) is 17.0 Å². The SMILES string of the molecule is CN(Cc1ccc(C(=O)OCOC(=O)C(C)(C)C)cc1)c1nc(-c2ccc(OCc3ccc(C4CCCCC4)cc3)cc2)cs1. The third-order valence-electron chi connectivity index (χ3n) is 8.03. The van der Waals surface area contributed by atoms with Gasteiger partial charge in [-0.3, -0.25) is 4.79 Å². The number of benzene rings is 3. The molecule has 0 bridgehead atoms. The van der Waals surface area contributed by atoms with Crippen LogP contribution >= 0.6 is 11.3 Å². The number of aromatic nitrogens is 1. The van der Waals surface area contributed by atoms with E-state index in [2.05, 4.69) is 34.5 Å². The van der Waals surface area contributed by atoms with E-state index < -0.39 is 24.1 Å². The van der Waals surface area contributed by atoms with Gasteiger partial charge in [0.2, 0.25) is 6.79 Å². The van der Waals surface area contributed by atoms with Crippen LogP contribution < -0.4 is 9.64 Å². The lowest BCUT2D eigenvalue weighted by Crippen LogP contribution is -2.24. The molecule has 236 valence electrons. The van der Waals surface area contributed by atoms with Gasteiger partial charge >= 0.3 is 11.9 Å². The van der Waals surface area contributed by atoms with Crippen molar-refractivity contribution in [1.82, 2.24) is 4.98 Å². The molecule has 1 heterocycles. The molecule has 1 aliphatic carbocycles. The van der Waals surface area contributed by atoms with Crippen molar-refractivity contribution in [2.75, 3.05) is 18.7 Å². The van der Waals surface area contributed by atoms with Gasteiger partial charge in [-0.15, -0.1) is 11.3 Å². The van der Waals surface area contributed by atoms with Crippen LogP contribution in [0, 0.1) is 5.41 Å². The Labute approximate surface area is 270 Å². The molecule has 0 radical (unpaired) electrons. The van der Waals surface area contributed by atoms with E-state index in [0.717, 1.165) is 33.6 Å². The fraction of sp³-hybridized carbons (Fsp3) is 0.378. The fourth-order valence-corrected chi connectivity index (χ4v) is 6.11. The minimum atomic E-state index is -0.654. The highest BCUT2D eigenvalue weighted by atomic mass is 32.1. The van der Waals surface area contributed by atoms with Crippen molar-refractivity contribution in [3.63, 3.8) is 0 Å². The number of rotatable bonds is 11. The van der Waals surface area contributed by atoms with Gasteiger partial charge in [0.1, 0.15) is 12.4 Å². The number of thiazole rings is 1. The third-order valence-corrected chi connectivity index (χ3v) is 8.99. The van der Waals surface area contributed by atoms with Crippen molar-refractivity contribution in [1.29, 1.82) is 0 Å². The van der Waals surface area contributed by atoms with Crippen LogP contribution in [-0.4, -0.2) is 30.8 Å². The molecule has 3 aromatic carbocycles. The molecule has 45 heavy (non-hydrogen) atoms. The Morgan fingerprint density at radius 1 is 0.867 bits per heavy atom. The Morgan fingerprint density at radius 2 is 1.53 bits per heavy atom. The number of esters is 2. The summed E-state index contributed by atoms with van der Waals surface area (Å²) in [6.45, 7) is 5.99. The van der Waals surface area contributed by atoms with Crippen LogP contribution in [0.15, 0.2) is 78.2 Å². The fourth-order valence-electron chi connectivity index (χ4n) is 5.31. The van der Waals surface area contributed by atoms with Gasteiger partial charge in [-0.2, -0.15) is 0 Å². The molecule has 1 aromatic heterocycles. The summed E-state index contributed by atoms with van der Waals surface area (Å²) >= 11 is 1.58. The Balaban J connectivity index is 1.09. The summed E-state index contributed by atoms with van der Waals surface area (Å²) < 4.78 is 16.2. The molecule has 1 saturated carbocycles. The van der Waals surface area contributed by atoms with E-state index in [1.54, 1.807) is 44.2 Å². The van der Waals surface area contributed by atoms with Gasteiger partial charge in [0.15, 0.2) is 5.13 Å². The summed E-state index contributed by atoms with van der Waals surface area (Å²) in [5.74, 6) is 0.588. The van der Waals surface area contributed by atoms with Gasteiger partial charge in [-0.1, -0.05) is 55.7 Å². The quantitative estimate of drug-likeness (QED) is 0.122. The zero-order valence-electron chi connectivity index (χ0n) is 26.6. The van der Waals surface area contributed by atoms with E-state index in [4.69, 9.17) is 19.2 Å². The van der Waals surface area contributed by atoms with Gasteiger partial charge in [0, 0.05) is 24.5 Å². The first-order valence-corrected chi connectivity index (χ1v) is 16.5. The van der Waals surface area contributed by atoms with Crippen LogP contribution in [0.5, 0.6) is 5.75 Å². The molecule has 5 rings (SSSR count). The molecule has 7 nitrogen and oxygen atoms in total. The molecule has 0 spiro atoms. The molecule has 1 aliphatic rings. The summed E-state index contributed by atoms with van der Waals surface area (Å²) in [4.78, 5) is 31.1. The smallest absolute Gasteiger partial charge is 0.340 e. The number of carbonyl (C=O) groups excluding carboxylic acids is 2. The zero-order valence-corrected chi connectivity index (χ0v) is 27.4. The maximum Gasteiger partial charge on any atom is 0.340 e. The van der Waals surface area contributed by atoms with E-state index in [0.29, 0.717) is 18.7 Å². The lowest BCUT2D eigenvalue weighted by molar-refractivity contribution is -0.161. The predicted octanol–water partition coefficient (Wildman–Crippen LogP) is 8.78. The van der Waals surface area contributed by atoms with Crippen LogP contribution in [-0.2, 0) is 27.4 Å². The first-order chi connectivity index (χ1) is 21.7. The van der Waals surface area contributed by atoms with Crippen molar-refractivity contribution < 1.29 is 23.8 Å². The lowest BCUT2D eigenvalue weighted by atomic mass is 9.84. The summed E-state index contributed by atoms with van der Waals surface area (Å²) in [6, 6.07) is 24.2. The third kappa shape index (κ3) is 8.94. The molecule has 8 heteroatoms. The van der Waals surface area contributed by atoms with Crippen LogP contribution in [0.4, 0.5) is 5.13 Å². The minimum absolute atomic E-state index is 0.393. The van der Waals surface area contributed by atoms with Crippen LogP contribution in [0.3, 0.4) is 0 Å². The number of hydrogen-bond donors (Lipinski definition) is 0. The van der Waals surface area contributed by atoms with Gasteiger partial charge < -0.3 is 19.1 Å². The van der Waals surface area contributed by atoms with E-state index >= 15 is 0 Å². The van der Waals surface area contributed by atoms with Crippen molar-refractivity contribution in [2.24, 2.45) is 5.41 Å². The molecule has 0 aliphatic heterocycles. The van der Waals surface area contributed by atoms with E-state index in [1.807, 2.05) is 43.4 Å². The second-order valence-electron chi connectivity index (χ2n) is 12.7. The summed E-state index contributed by atoms with van der Waals surface area (Å²) in [5.41, 5.74) is 5.35. The molecule has 4 aromatic rings. The highest BCUT2D eigenvalue weighted by molar-refractivity contribution is 7.14. The maximum absolute atomic E-state index is 12.3. The molecule has 0 unspecified atom stereocenters. The minimum Gasteiger partial charge on any atom is -0.489 e. The zero-order chi connectivity index (χ0) is 31.8. The molecular weight excluding hydrogens is 584 g/mol. The predicted molar refractivity (Wildman–Crippen MR) is 179 cm³/mol. The van der Waals surface area contributed by atoms with Crippen molar-refractivity contribution in [2.45, 2.75) is 71.9 Å². The molecular formula is C37H42N2O5S. The normalized spacial score (nSPS) is 13.7. The summed E-state index contributed by atoms with van der Waals surface area (Å²) in [6.07, 6.45) is 6.70. The van der Waals surface area contributed by atoms with Crippen molar-refractivity contribution >= 4 is 28.4 Å². The average molecular weight is 627 g/mol. The summed E-state index contributed by atoms with van der Waals surface area (Å²) in [5, 5.41) is 2.95. The van der Waals surface area contributed by atoms with Crippen LogP contribution in [0.25, 0.3) is 11.3 Å². The maximum atomic E-state index is 12.3. The number of carbonyl (C=O) groups is 2. The molecule has 0 saturated heterocycles. The first-order valence-electron chi connectivity index (χ1n) is 15.6. The Hall–Kier alpha value is -4.17. The van der Waals surface area contributed by atoms with Crippen molar-refractivity contribution in [3.05, 3.63) is 100 Å². The Bertz CT molecular complexity index is 1550. The molecule has 0 atom stereocenters. The lowest BCUT2D eigenvalue weighted by Gasteiger charge is -2.22. The molecule has 0 amide bonds. The number of hydrogen-bond acceptors (Lipinski definition) is 8. The van der Waals surface area contributed by atoms with Gasteiger partial charge in [0.05, 0.1) is 16.7 Å². The number of ether oxygens (including phenoxy) is 3. The largest absolute Gasteiger partial charge is 0.489 e. The van der Waals surface area contributed by atoms with Crippen LogP contribution in [0.2, 0.25) is 0 Å². The Morgan fingerprint density at radius 3 is 2.20 bits per heavy atom. The Kier molecular flexibility index (Phi) is 10.6. The standard InChI is InChI=1S/C37H42N2O5S/c1-37(2,3)35(41)44-25-43-34(40)31-16-10-26(11-17-31)22-39(4)36-38-33(24-45-36)30-18-20-32(21-19-30)42-23-27-12-14-29(15-13-27)28-8-6-5-7-9-28/h10-21,24,28H,5-9,22-23,25H2,1-4H3. The van der Waals surface area contributed by atoms with Gasteiger partial charge in [-0.25, -0.2) is 9.78 Å². The number of anilines is 1. The molecule has 0 N–H and O–H groups in total. The topological polar surface area (TPSA) is 78.0 Å². The van der Waals surface area contributed by atoms with Gasteiger partial charge in [-0.05, 0) is 92.6 Å². The van der Waals surface area contributed by atoms with E-state index in [-0.39, 0.29) is 0 Å². The number of nitrogens with zero attached hydrogens (tertiary/aromatic N) is 2. The average Bonchev–Trinajstić information content (AvgIpc) is 3.55. The van der Waals surface area contributed by atoms with Crippen LogP contribution in [0.1, 0.15) is 85.8 Å². The summed E-state index contributed by atoms with van der Waals surface area (Å²) in [7, 11) is 1.99.